The van der Waals surface area contributed by atoms with E-state index in [0.29, 0.717) is 37.6 Å². The molecule has 2 aromatic rings. The summed E-state index contributed by atoms with van der Waals surface area (Å²) >= 11 is 0. The van der Waals surface area contributed by atoms with Crippen molar-refractivity contribution in [1.82, 2.24) is 9.88 Å². The van der Waals surface area contributed by atoms with Gasteiger partial charge in [-0.1, -0.05) is 0 Å². The average Bonchev–Trinajstić information content (AvgIpc) is 3.26. The smallest absolute Gasteiger partial charge is 0.257 e. The zero-order chi connectivity index (χ0) is 18.0. The molecule has 1 saturated heterocycles. The highest BCUT2D eigenvalue weighted by atomic mass is 16.5. The number of nitrogens with zero attached hydrogens (tertiary/aromatic N) is 2. The maximum Gasteiger partial charge on any atom is 0.257 e. The van der Waals surface area contributed by atoms with E-state index < -0.39 is 0 Å². The summed E-state index contributed by atoms with van der Waals surface area (Å²) in [5.74, 6) is 1.73. The molecule has 2 fully saturated rings. The molecular weight excluding hydrogens is 332 g/mol. The number of aromatic nitrogens is 1. The fourth-order valence-electron chi connectivity index (χ4n) is 4.13. The van der Waals surface area contributed by atoms with Crippen molar-refractivity contribution in [3.8, 4) is 5.75 Å². The van der Waals surface area contributed by atoms with Crippen molar-refractivity contribution in [2.75, 3.05) is 26.3 Å². The van der Waals surface area contributed by atoms with E-state index in [4.69, 9.17) is 13.9 Å². The lowest BCUT2D eigenvalue weighted by Gasteiger charge is -2.44. The quantitative estimate of drug-likeness (QED) is 0.842. The molecule has 2 aromatic heterocycles. The fraction of sp³-hybridized carbons (Fsp3) is 0.500. The number of carbonyl (C=O) groups excluding carboxylic acids is 1. The summed E-state index contributed by atoms with van der Waals surface area (Å²) in [7, 11) is 0. The SMILES string of the molecule is Cc1occc1C(=O)N1CCO[C@]2(CCC[C@@H]2COc2cccnc2)C1. The summed E-state index contributed by atoms with van der Waals surface area (Å²) in [5.41, 5.74) is 0.330. The number of aryl methyl sites for hydroxylation is 1. The highest BCUT2D eigenvalue weighted by Gasteiger charge is 2.48. The number of ether oxygens (including phenoxy) is 2. The first-order chi connectivity index (χ1) is 12.7. The van der Waals surface area contributed by atoms with Gasteiger partial charge in [-0.3, -0.25) is 9.78 Å². The Hall–Kier alpha value is -2.34. The van der Waals surface area contributed by atoms with E-state index in [2.05, 4.69) is 4.98 Å². The summed E-state index contributed by atoms with van der Waals surface area (Å²) in [4.78, 5) is 18.9. The summed E-state index contributed by atoms with van der Waals surface area (Å²) in [6.45, 7) is 4.19. The zero-order valence-electron chi connectivity index (χ0n) is 15.0. The van der Waals surface area contributed by atoms with Crippen molar-refractivity contribution in [3.05, 3.63) is 48.2 Å². The lowest BCUT2D eigenvalue weighted by Crippen LogP contribution is -2.56. The largest absolute Gasteiger partial charge is 0.492 e. The maximum atomic E-state index is 12.9. The van der Waals surface area contributed by atoms with Gasteiger partial charge in [0.25, 0.3) is 5.91 Å². The Morgan fingerprint density at radius 1 is 1.46 bits per heavy atom. The number of carbonyl (C=O) groups is 1. The standard InChI is InChI=1S/C20H24N2O4/c1-15-18(6-10-24-15)19(23)22-9-11-26-20(14-22)7-2-4-16(20)13-25-17-5-3-8-21-12-17/h3,5-6,8,10,12,16H,2,4,7,9,11,13-14H2,1H3/t16-,20-/m1/s1. The molecule has 138 valence electrons. The second kappa shape index (κ2) is 7.11. The molecule has 0 radical (unpaired) electrons. The third kappa shape index (κ3) is 3.21. The van der Waals surface area contributed by atoms with Gasteiger partial charge >= 0.3 is 0 Å². The van der Waals surface area contributed by atoms with Crippen LogP contribution < -0.4 is 4.74 Å². The molecule has 0 unspecified atom stereocenters. The number of pyridine rings is 1. The molecule has 1 spiro atoms. The van der Waals surface area contributed by atoms with Crippen molar-refractivity contribution in [2.24, 2.45) is 5.92 Å². The van der Waals surface area contributed by atoms with Gasteiger partial charge in [0, 0.05) is 18.7 Å². The third-order valence-corrected chi connectivity index (χ3v) is 5.57. The summed E-state index contributed by atoms with van der Waals surface area (Å²) in [5, 5.41) is 0. The van der Waals surface area contributed by atoms with Gasteiger partial charge < -0.3 is 18.8 Å². The third-order valence-electron chi connectivity index (χ3n) is 5.57. The van der Waals surface area contributed by atoms with Crippen molar-refractivity contribution in [1.29, 1.82) is 0 Å². The van der Waals surface area contributed by atoms with Crippen LogP contribution >= 0.6 is 0 Å². The number of furan rings is 1. The second-order valence-corrected chi connectivity index (χ2v) is 7.12. The second-order valence-electron chi connectivity index (χ2n) is 7.12. The predicted molar refractivity (Wildman–Crippen MR) is 95.1 cm³/mol. The van der Waals surface area contributed by atoms with Crippen LogP contribution in [0.25, 0.3) is 0 Å². The van der Waals surface area contributed by atoms with Gasteiger partial charge in [0.05, 0.1) is 43.4 Å². The minimum absolute atomic E-state index is 0.0257. The molecule has 6 nitrogen and oxygen atoms in total. The Labute approximate surface area is 153 Å². The maximum absolute atomic E-state index is 12.9. The van der Waals surface area contributed by atoms with Crippen molar-refractivity contribution in [3.63, 3.8) is 0 Å². The Morgan fingerprint density at radius 2 is 2.38 bits per heavy atom. The first-order valence-corrected chi connectivity index (χ1v) is 9.18. The molecular formula is C20H24N2O4. The molecule has 3 heterocycles. The molecule has 1 saturated carbocycles. The fourth-order valence-corrected chi connectivity index (χ4v) is 4.13. The van der Waals surface area contributed by atoms with E-state index >= 15 is 0 Å². The van der Waals surface area contributed by atoms with Gasteiger partial charge in [0.2, 0.25) is 0 Å². The number of rotatable bonds is 4. The van der Waals surface area contributed by atoms with Gasteiger partial charge in [-0.2, -0.15) is 0 Å². The van der Waals surface area contributed by atoms with Crippen LogP contribution in [0.4, 0.5) is 0 Å². The summed E-state index contributed by atoms with van der Waals surface area (Å²) < 4.78 is 17.5. The lowest BCUT2D eigenvalue weighted by atomic mass is 9.89. The molecule has 0 aromatic carbocycles. The highest BCUT2D eigenvalue weighted by molar-refractivity contribution is 5.95. The van der Waals surface area contributed by atoms with E-state index in [1.807, 2.05) is 24.0 Å². The molecule has 1 amide bonds. The minimum atomic E-state index is -0.312. The number of hydrogen-bond acceptors (Lipinski definition) is 5. The molecule has 6 heteroatoms. The molecule has 1 aliphatic heterocycles. The minimum Gasteiger partial charge on any atom is -0.492 e. The summed E-state index contributed by atoms with van der Waals surface area (Å²) in [6, 6.07) is 5.52. The number of amides is 1. The van der Waals surface area contributed by atoms with E-state index in [9.17, 15) is 4.79 Å². The summed E-state index contributed by atoms with van der Waals surface area (Å²) in [6.07, 6.45) is 8.12. The van der Waals surface area contributed by atoms with Gasteiger partial charge in [0.1, 0.15) is 11.5 Å². The van der Waals surface area contributed by atoms with Gasteiger partial charge in [-0.05, 0) is 44.4 Å². The van der Waals surface area contributed by atoms with E-state index in [1.165, 1.54) is 0 Å². The van der Waals surface area contributed by atoms with Gasteiger partial charge in [-0.15, -0.1) is 0 Å². The zero-order valence-corrected chi connectivity index (χ0v) is 15.0. The van der Waals surface area contributed by atoms with Crippen LogP contribution in [0.5, 0.6) is 5.75 Å². The van der Waals surface area contributed by atoms with Crippen molar-refractivity contribution < 1.29 is 18.7 Å². The Bertz CT molecular complexity index is 760. The highest BCUT2D eigenvalue weighted by Crippen LogP contribution is 2.41. The average molecular weight is 356 g/mol. The van der Waals surface area contributed by atoms with Gasteiger partial charge in [-0.25, -0.2) is 0 Å². The van der Waals surface area contributed by atoms with Crippen LogP contribution in [0.15, 0.2) is 41.3 Å². The van der Waals surface area contributed by atoms with Crippen LogP contribution in [-0.2, 0) is 4.74 Å². The first kappa shape index (κ1) is 17.1. The van der Waals surface area contributed by atoms with Crippen LogP contribution in [0.3, 0.4) is 0 Å². The molecule has 26 heavy (non-hydrogen) atoms. The van der Waals surface area contributed by atoms with Crippen molar-refractivity contribution in [2.45, 2.75) is 31.8 Å². The topological polar surface area (TPSA) is 64.8 Å². The van der Waals surface area contributed by atoms with Crippen molar-refractivity contribution >= 4 is 5.91 Å². The molecule has 2 atom stereocenters. The first-order valence-electron chi connectivity index (χ1n) is 9.18. The molecule has 4 rings (SSSR count). The van der Waals surface area contributed by atoms with Crippen LogP contribution in [-0.4, -0.2) is 47.7 Å². The monoisotopic (exact) mass is 356 g/mol. The molecule has 0 N–H and O–H groups in total. The predicted octanol–water partition coefficient (Wildman–Crippen LogP) is 3.07. The lowest BCUT2D eigenvalue weighted by molar-refractivity contribution is -0.126. The number of morpholine rings is 1. The van der Waals surface area contributed by atoms with Crippen LogP contribution in [0.1, 0.15) is 35.4 Å². The van der Waals surface area contributed by atoms with Crippen LogP contribution in [0.2, 0.25) is 0 Å². The molecule has 2 aliphatic rings. The van der Waals surface area contributed by atoms with E-state index in [1.54, 1.807) is 24.7 Å². The number of hydrogen-bond donors (Lipinski definition) is 0. The van der Waals surface area contributed by atoms with Crippen LogP contribution in [0, 0.1) is 12.8 Å². The van der Waals surface area contributed by atoms with Gasteiger partial charge in [0.15, 0.2) is 0 Å². The molecule has 0 bridgehead atoms. The Balaban J connectivity index is 1.46. The normalized spacial score (nSPS) is 25.6. The van der Waals surface area contributed by atoms with E-state index in [-0.39, 0.29) is 17.4 Å². The molecule has 1 aliphatic carbocycles. The van der Waals surface area contributed by atoms with E-state index in [0.717, 1.165) is 25.0 Å². The Morgan fingerprint density at radius 3 is 3.15 bits per heavy atom. The Kier molecular flexibility index (Phi) is 4.68.